The van der Waals surface area contributed by atoms with Gasteiger partial charge in [0.05, 0.1) is 0 Å². The highest BCUT2D eigenvalue weighted by atomic mass is 13.8. The van der Waals surface area contributed by atoms with Crippen molar-refractivity contribution in [1.82, 2.24) is 0 Å². The molecule has 0 aromatic heterocycles. The second-order valence-electron chi connectivity index (χ2n) is 2.85. The third-order valence-corrected chi connectivity index (χ3v) is 1.76. The van der Waals surface area contributed by atoms with Crippen LogP contribution in [0.25, 0.3) is 0 Å². The Labute approximate surface area is 75.0 Å². The maximum absolute atomic E-state index is 2.25. The van der Waals surface area contributed by atoms with Crippen molar-refractivity contribution in [2.24, 2.45) is 0 Å². The molecule has 0 aliphatic heterocycles. The molecule has 0 aromatic rings. The Morgan fingerprint density at radius 3 is 2.00 bits per heavy atom. The van der Waals surface area contributed by atoms with E-state index in [-0.39, 0.29) is 0 Å². The van der Waals surface area contributed by atoms with E-state index in [1.165, 1.54) is 0 Å². The van der Waals surface area contributed by atoms with Crippen molar-refractivity contribution in [1.29, 1.82) is 0 Å². The second-order valence-corrected chi connectivity index (χ2v) is 2.85. The molecule has 1 rings (SSSR count). The molecule has 0 nitrogen and oxygen atoms in total. The molecule has 0 bridgehead atoms. The first-order valence-corrected chi connectivity index (χ1v) is 4.62. The molecule has 0 spiro atoms. The SMILES string of the molecule is C1=CCC/C=C/C=C\C/C=C/C1. The summed E-state index contributed by atoms with van der Waals surface area (Å²) in [5.41, 5.74) is 0. The molecule has 0 atom stereocenters. The predicted octanol–water partition coefficient (Wildman–Crippen LogP) is 3.79. The minimum absolute atomic E-state index is 1.05. The topological polar surface area (TPSA) is 0 Å². The van der Waals surface area contributed by atoms with Gasteiger partial charge in [-0.3, -0.25) is 0 Å². The predicted molar refractivity (Wildman–Crippen MR) is 55.0 cm³/mol. The molecule has 0 fully saturated rings. The van der Waals surface area contributed by atoms with Crippen LogP contribution in [-0.2, 0) is 0 Å². The molecule has 0 saturated heterocycles. The minimum atomic E-state index is 1.05. The Hall–Kier alpha value is -1.04. The lowest BCUT2D eigenvalue weighted by atomic mass is 10.2. The maximum atomic E-state index is 2.25. The summed E-state index contributed by atoms with van der Waals surface area (Å²) < 4.78 is 0. The zero-order valence-corrected chi connectivity index (χ0v) is 7.45. The van der Waals surface area contributed by atoms with Gasteiger partial charge >= 0.3 is 0 Å². The van der Waals surface area contributed by atoms with Crippen LogP contribution in [0.2, 0.25) is 0 Å². The molecule has 12 heavy (non-hydrogen) atoms. The lowest BCUT2D eigenvalue weighted by molar-refractivity contribution is 1.04. The summed E-state index contributed by atoms with van der Waals surface area (Å²) in [6, 6.07) is 0. The summed E-state index contributed by atoms with van der Waals surface area (Å²) in [7, 11) is 0. The molecule has 0 radical (unpaired) electrons. The average Bonchev–Trinajstić information content (AvgIpc) is 2.05. The average molecular weight is 160 g/mol. The monoisotopic (exact) mass is 160 g/mol. The lowest BCUT2D eigenvalue weighted by Crippen LogP contribution is -1.67. The van der Waals surface area contributed by atoms with Crippen molar-refractivity contribution in [3.05, 3.63) is 48.6 Å². The van der Waals surface area contributed by atoms with Crippen molar-refractivity contribution in [2.45, 2.75) is 25.7 Å². The molecular weight excluding hydrogens is 144 g/mol. The quantitative estimate of drug-likeness (QED) is 0.473. The first-order chi connectivity index (χ1) is 6.00. The van der Waals surface area contributed by atoms with E-state index in [4.69, 9.17) is 0 Å². The van der Waals surface area contributed by atoms with Crippen LogP contribution in [0.3, 0.4) is 0 Å². The highest BCUT2D eigenvalue weighted by Crippen LogP contribution is 1.98. The summed E-state index contributed by atoms with van der Waals surface area (Å²) in [5.74, 6) is 0. The molecule has 0 heteroatoms. The minimum Gasteiger partial charge on any atom is -0.0879 e. The van der Waals surface area contributed by atoms with Gasteiger partial charge < -0.3 is 0 Å². The van der Waals surface area contributed by atoms with Crippen LogP contribution in [0.4, 0.5) is 0 Å². The molecule has 0 aromatic carbocycles. The van der Waals surface area contributed by atoms with E-state index >= 15 is 0 Å². The highest BCUT2D eigenvalue weighted by Gasteiger charge is 1.77. The fourth-order valence-electron chi connectivity index (χ4n) is 1.09. The first kappa shape index (κ1) is 9.05. The molecule has 0 saturated carbocycles. The largest absolute Gasteiger partial charge is 0.0879 e. The Morgan fingerprint density at radius 1 is 0.500 bits per heavy atom. The molecule has 0 N–H and O–H groups in total. The van der Waals surface area contributed by atoms with Crippen LogP contribution < -0.4 is 0 Å². The third-order valence-electron chi connectivity index (χ3n) is 1.76. The summed E-state index contributed by atoms with van der Waals surface area (Å²) in [4.78, 5) is 0. The molecular formula is C12H16. The van der Waals surface area contributed by atoms with Crippen molar-refractivity contribution >= 4 is 0 Å². The molecule has 1 aliphatic rings. The Bertz CT molecular complexity index is 204. The smallest absolute Gasteiger partial charge is 0.0166 e. The fourth-order valence-corrected chi connectivity index (χ4v) is 1.09. The van der Waals surface area contributed by atoms with E-state index in [2.05, 4.69) is 48.6 Å². The Kier molecular flexibility index (Phi) is 5.02. The molecule has 1 aliphatic carbocycles. The van der Waals surface area contributed by atoms with Crippen molar-refractivity contribution in [2.75, 3.05) is 0 Å². The van der Waals surface area contributed by atoms with Crippen LogP contribution in [0.15, 0.2) is 48.6 Å². The number of allylic oxidation sites excluding steroid dienone is 8. The van der Waals surface area contributed by atoms with Gasteiger partial charge in [-0.15, -0.1) is 0 Å². The van der Waals surface area contributed by atoms with Crippen LogP contribution in [0, 0.1) is 0 Å². The van der Waals surface area contributed by atoms with E-state index in [1.807, 2.05) is 0 Å². The summed E-state index contributed by atoms with van der Waals surface area (Å²) in [6.07, 6.45) is 22.0. The lowest BCUT2D eigenvalue weighted by Gasteiger charge is -1.88. The van der Waals surface area contributed by atoms with E-state index in [0.29, 0.717) is 0 Å². The number of hydrogen-bond donors (Lipinski definition) is 0. The molecule has 0 unspecified atom stereocenters. The molecule has 0 amide bonds. The van der Waals surface area contributed by atoms with Gasteiger partial charge in [0, 0.05) is 0 Å². The van der Waals surface area contributed by atoms with Crippen LogP contribution in [0.1, 0.15) is 25.7 Å². The summed E-state index contributed by atoms with van der Waals surface area (Å²) >= 11 is 0. The van der Waals surface area contributed by atoms with Gasteiger partial charge in [-0.1, -0.05) is 48.6 Å². The van der Waals surface area contributed by atoms with Crippen molar-refractivity contribution in [3.8, 4) is 0 Å². The molecule has 64 valence electrons. The van der Waals surface area contributed by atoms with Crippen LogP contribution >= 0.6 is 0 Å². The fraction of sp³-hybridized carbons (Fsp3) is 0.333. The van der Waals surface area contributed by atoms with Crippen LogP contribution in [-0.4, -0.2) is 0 Å². The summed E-state index contributed by atoms with van der Waals surface area (Å²) in [5, 5.41) is 0. The van der Waals surface area contributed by atoms with Crippen LogP contribution in [0.5, 0.6) is 0 Å². The summed E-state index contributed by atoms with van der Waals surface area (Å²) in [6.45, 7) is 0. The van der Waals surface area contributed by atoms with E-state index < -0.39 is 0 Å². The zero-order valence-electron chi connectivity index (χ0n) is 7.45. The Balaban J connectivity index is 2.41. The van der Waals surface area contributed by atoms with E-state index in [1.54, 1.807) is 0 Å². The van der Waals surface area contributed by atoms with Gasteiger partial charge in [0.25, 0.3) is 0 Å². The normalized spacial score (nSPS) is 26.7. The van der Waals surface area contributed by atoms with Crippen molar-refractivity contribution < 1.29 is 0 Å². The van der Waals surface area contributed by atoms with Gasteiger partial charge in [0.1, 0.15) is 0 Å². The maximum Gasteiger partial charge on any atom is -0.0166 e. The van der Waals surface area contributed by atoms with E-state index in [0.717, 1.165) is 25.7 Å². The Morgan fingerprint density at radius 2 is 1.08 bits per heavy atom. The van der Waals surface area contributed by atoms with E-state index in [9.17, 15) is 0 Å². The zero-order chi connectivity index (χ0) is 8.49. The number of hydrogen-bond acceptors (Lipinski definition) is 0. The second kappa shape index (κ2) is 6.66. The standard InChI is InChI=1S/C12H16/c1-2-4-6-8-10-12-11-9-7-5-3-1/h1-4,7,9-10,12H,5-6,8,11H2/b3-1-,4-2+,9-7+,12-10?. The van der Waals surface area contributed by atoms with Gasteiger partial charge in [-0.2, -0.15) is 0 Å². The molecule has 0 heterocycles. The van der Waals surface area contributed by atoms with Crippen molar-refractivity contribution in [3.63, 3.8) is 0 Å². The first-order valence-electron chi connectivity index (χ1n) is 4.62. The number of rotatable bonds is 0. The van der Waals surface area contributed by atoms with Gasteiger partial charge in [0.15, 0.2) is 0 Å². The van der Waals surface area contributed by atoms with Gasteiger partial charge in [-0.25, -0.2) is 0 Å². The highest BCUT2D eigenvalue weighted by molar-refractivity contribution is 5.06. The van der Waals surface area contributed by atoms with Gasteiger partial charge in [0.2, 0.25) is 0 Å². The van der Waals surface area contributed by atoms with Gasteiger partial charge in [-0.05, 0) is 25.7 Å². The third kappa shape index (κ3) is 4.73.